The lowest BCUT2D eigenvalue weighted by Crippen LogP contribution is -2.42. The number of hydrogen-bond acceptors (Lipinski definition) is 4. The monoisotopic (exact) mass is 353 g/mol. The maximum Gasteiger partial charge on any atom is 0.251 e. The highest BCUT2D eigenvalue weighted by atomic mass is 16.5. The Kier molecular flexibility index (Phi) is 5.25. The smallest absolute Gasteiger partial charge is 0.251 e. The molecule has 2 aliphatic rings. The van der Waals surface area contributed by atoms with Crippen molar-refractivity contribution < 1.29 is 4.74 Å². The van der Waals surface area contributed by atoms with Crippen molar-refractivity contribution in [2.45, 2.75) is 31.7 Å². The van der Waals surface area contributed by atoms with Crippen molar-refractivity contribution >= 4 is 11.5 Å². The van der Waals surface area contributed by atoms with E-state index in [2.05, 4.69) is 51.2 Å². The topological polar surface area (TPSA) is 48.6 Å². The Balaban J connectivity index is 1.59. The zero-order chi connectivity index (χ0) is 17.8. The fourth-order valence-corrected chi connectivity index (χ4v) is 4.09. The predicted molar refractivity (Wildman–Crippen MR) is 105 cm³/mol. The molecule has 2 fully saturated rings. The second-order valence-corrected chi connectivity index (χ2v) is 7.22. The van der Waals surface area contributed by atoms with E-state index < -0.39 is 0 Å². The second-order valence-electron chi connectivity index (χ2n) is 7.22. The highest BCUT2D eigenvalue weighted by Crippen LogP contribution is 2.27. The van der Waals surface area contributed by atoms with Gasteiger partial charge in [-0.1, -0.05) is 30.3 Å². The minimum atomic E-state index is -0.0203. The number of aromatic nitrogens is 1. The summed E-state index contributed by atoms with van der Waals surface area (Å²) in [5.41, 5.74) is 2.35. The van der Waals surface area contributed by atoms with Gasteiger partial charge in [-0.05, 0) is 31.2 Å². The van der Waals surface area contributed by atoms with Crippen molar-refractivity contribution in [3.8, 4) is 0 Å². The van der Waals surface area contributed by atoms with Crippen LogP contribution in [0.15, 0.2) is 47.3 Å². The number of rotatable bonds is 4. The lowest BCUT2D eigenvalue weighted by molar-refractivity contribution is 0.122. The number of anilines is 2. The first-order chi connectivity index (χ1) is 12.8. The van der Waals surface area contributed by atoms with E-state index in [1.807, 2.05) is 0 Å². The molecule has 5 heteroatoms. The van der Waals surface area contributed by atoms with Crippen molar-refractivity contribution in [1.29, 1.82) is 0 Å². The molecule has 0 amide bonds. The van der Waals surface area contributed by atoms with Crippen LogP contribution in [0.2, 0.25) is 0 Å². The van der Waals surface area contributed by atoms with Crippen LogP contribution in [-0.2, 0) is 11.2 Å². The van der Waals surface area contributed by atoms with Crippen LogP contribution >= 0.6 is 0 Å². The molecular weight excluding hydrogens is 326 g/mol. The van der Waals surface area contributed by atoms with Crippen LogP contribution in [-0.4, -0.2) is 43.9 Å². The number of morpholine rings is 1. The fourth-order valence-electron chi connectivity index (χ4n) is 4.09. The SMILES string of the molecule is O=c1cc(N2CCOCC2)cc(N2CCCC[C@H]2Cc2ccccc2)[nH]1. The van der Waals surface area contributed by atoms with Gasteiger partial charge in [0, 0.05) is 43.5 Å². The van der Waals surface area contributed by atoms with E-state index in [9.17, 15) is 4.79 Å². The molecule has 1 N–H and O–H groups in total. The van der Waals surface area contributed by atoms with E-state index in [-0.39, 0.29) is 5.56 Å². The number of hydrogen-bond donors (Lipinski definition) is 1. The average Bonchev–Trinajstić information content (AvgIpc) is 2.69. The number of benzene rings is 1. The Bertz CT molecular complexity index is 768. The summed E-state index contributed by atoms with van der Waals surface area (Å²) < 4.78 is 5.44. The van der Waals surface area contributed by atoms with Gasteiger partial charge in [0.1, 0.15) is 5.82 Å². The first-order valence-electron chi connectivity index (χ1n) is 9.67. The number of aromatic amines is 1. The van der Waals surface area contributed by atoms with Crippen LogP contribution in [0.4, 0.5) is 11.5 Å². The van der Waals surface area contributed by atoms with Crippen LogP contribution in [0.25, 0.3) is 0 Å². The normalized spacial score (nSPS) is 21.0. The van der Waals surface area contributed by atoms with E-state index in [4.69, 9.17) is 4.74 Å². The van der Waals surface area contributed by atoms with E-state index >= 15 is 0 Å². The van der Waals surface area contributed by atoms with Crippen molar-refractivity contribution in [3.05, 3.63) is 58.4 Å². The fraction of sp³-hybridized carbons (Fsp3) is 0.476. The van der Waals surface area contributed by atoms with Gasteiger partial charge in [-0.3, -0.25) is 4.79 Å². The third-order valence-corrected chi connectivity index (χ3v) is 5.44. The van der Waals surface area contributed by atoms with Gasteiger partial charge in [0.15, 0.2) is 0 Å². The van der Waals surface area contributed by atoms with Crippen LogP contribution in [0.5, 0.6) is 0 Å². The molecule has 0 spiro atoms. The minimum absolute atomic E-state index is 0.0203. The van der Waals surface area contributed by atoms with Gasteiger partial charge in [0.2, 0.25) is 0 Å². The molecule has 2 saturated heterocycles. The van der Waals surface area contributed by atoms with Crippen LogP contribution in [0, 0.1) is 0 Å². The number of nitrogens with zero attached hydrogens (tertiary/aromatic N) is 2. The standard InChI is InChI=1S/C21H27N3O2/c25-21-16-19(23-10-12-26-13-11-23)15-20(22-21)24-9-5-4-8-18(24)14-17-6-2-1-3-7-17/h1-3,6-7,15-16,18H,4-5,8-14H2,(H,22,25)/t18-/m0/s1. The lowest BCUT2D eigenvalue weighted by atomic mass is 9.95. The summed E-state index contributed by atoms with van der Waals surface area (Å²) >= 11 is 0. The first-order valence-corrected chi connectivity index (χ1v) is 9.67. The second kappa shape index (κ2) is 7.96. The minimum Gasteiger partial charge on any atom is -0.378 e. The molecule has 2 aliphatic heterocycles. The van der Waals surface area contributed by atoms with E-state index in [1.165, 1.54) is 24.8 Å². The Hall–Kier alpha value is -2.27. The molecule has 0 unspecified atom stereocenters. The predicted octanol–water partition coefficient (Wildman–Crippen LogP) is 2.81. The molecule has 5 nitrogen and oxygen atoms in total. The molecular formula is C21H27N3O2. The molecule has 0 aliphatic carbocycles. The van der Waals surface area contributed by atoms with Gasteiger partial charge >= 0.3 is 0 Å². The summed E-state index contributed by atoms with van der Waals surface area (Å²) in [7, 11) is 0. The summed E-state index contributed by atoms with van der Waals surface area (Å²) in [5, 5.41) is 0. The molecule has 26 heavy (non-hydrogen) atoms. The highest BCUT2D eigenvalue weighted by Gasteiger charge is 2.24. The molecule has 0 bridgehead atoms. The van der Waals surface area contributed by atoms with E-state index in [0.29, 0.717) is 6.04 Å². The Labute approximate surface area is 154 Å². The zero-order valence-corrected chi connectivity index (χ0v) is 15.2. The Morgan fingerprint density at radius 2 is 1.85 bits per heavy atom. The quantitative estimate of drug-likeness (QED) is 0.918. The summed E-state index contributed by atoms with van der Waals surface area (Å²) in [4.78, 5) is 20.1. The molecule has 1 aromatic heterocycles. The van der Waals surface area contributed by atoms with Crippen molar-refractivity contribution in [2.75, 3.05) is 42.6 Å². The van der Waals surface area contributed by atoms with Gasteiger partial charge in [-0.25, -0.2) is 0 Å². The van der Waals surface area contributed by atoms with Gasteiger partial charge in [0.05, 0.1) is 13.2 Å². The average molecular weight is 353 g/mol. The maximum absolute atomic E-state index is 12.3. The van der Waals surface area contributed by atoms with Crippen molar-refractivity contribution in [3.63, 3.8) is 0 Å². The van der Waals surface area contributed by atoms with Crippen molar-refractivity contribution in [2.24, 2.45) is 0 Å². The summed E-state index contributed by atoms with van der Waals surface area (Å²) in [6.07, 6.45) is 4.61. The van der Waals surface area contributed by atoms with Crippen LogP contribution < -0.4 is 15.4 Å². The molecule has 3 heterocycles. The van der Waals surface area contributed by atoms with Crippen molar-refractivity contribution in [1.82, 2.24) is 4.98 Å². The number of piperidine rings is 1. The number of nitrogens with one attached hydrogen (secondary N) is 1. The summed E-state index contributed by atoms with van der Waals surface area (Å²) in [5.74, 6) is 0.958. The molecule has 1 aromatic carbocycles. The molecule has 4 rings (SSSR count). The number of pyridine rings is 1. The van der Waals surface area contributed by atoms with Gasteiger partial charge in [-0.15, -0.1) is 0 Å². The van der Waals surface area contributed by atoms with E-state index in [1.54, 1.807) is 6.07 Å². The molecule has 0 radical (unpaired) electrons. The summed E-state index contributed by atoms with van der Waals surface area (Å²) in [6.45, 7) is 4.14. The zero-order valence-electron chi connectivity index (χ0n) is 15.2. The molecule has 138 valence electrons. The third kappa shape index (κ3) is 3.93. The highest BCUT2D eigenvalue weighted by molar-refractivity contribution is 5.56. The van der Waals surface area contributed by atoms with E-state index in [0.717, 1.165) is 50.8 Å². The van der Waals surface area contributed by atoms with Gasteiger partial charge in [0.25, 0.3) is 5.56 Å². The van der Waals surface area contributed by atoms with Gasteiger partial charge < -0.3 is 19.5 Å². The van der Waals surface area contributed by atoms with Gasteiger partial charge in [-0.2, -0.15) is 0 Å². The Morgan fingerprint density at radius 1 is 1.04 bits per heavy atom. The first kappa shape index (κ1) is 17.2. The molecule has 2 aromatic rings. The van der Waals surface area contributed by atoms with Crippen LogP contribution in [0.1, 0.15) is 24.8 Å². The summed E-state index contributed by atoms with van der Waals surface area (Å²) in [6, 6.07) is 14.9. The number of ether oxygens (including phenoxy) is 1. The van der Waals surface area contributed by atoms with Crippen LogP contribution in [0.3, 0.4) is 0 Å². The third-order valence-electron chi connectivity index (χ3n) is 5.44. The molecule has 0 saturated carbocycles. The number of H-pyrrole nitrogens is 1. The maximum atomic E-state index is 12.3. The Morgan fingerprint density at radius 3 is 2.65 bits per heavy atom. The lowest BCUT2D eigenvalue weighted by Gasteiger charge is -2.38. The molecule has 1 atom stereocenters. The largest absolute Gasteiger partial charge is 0.378 e.